The minimum Gasteiger partial charge on any atom is -0.339 e. The van der Waals surface area contributed by atoms with Gasteiger partial charge in [0.05, 0.1) is 10.9 Å². The first kappa shape index (κ1) is 18.3. The van der Waals surface area contributed by atoms with Gasteiger partial charge in [-0.3, -0.25) is 14.5 Å². The summed E-state index contributed by atoms with van der Waals surface area (Å²) in [6.07, 6.45) is 4.19. The number of aromatic nitrogens is 2. The van der Waals surface area contributed by atoms with Crippen LogP contribution in [0.3, 0.4) is 0 Å². The number of piperidine rings is 1. The third kappa shape index (κ3) is 3.30. The predicted molar refractivity (Wildman–Crippen MR) is 106 cm³/mol. The van der Waals surface area contributed by atoms with E-state index in [1.54, 1.807) is 23.9 Å². The van der Waals surface area contributed by atoms with Crippen LogP contribution in [0.15, 0.2) is 23.1 Å². The van der Waals surface area contributed by atoms with Crippen LogP contribution in [0.25, 0.3) is 10.9 Å². The predicted octanol–water partition coefficient (Wildman–Crippen LogP) is 0.729. The number of amides is 1. The molecule has 0 spiro atoms. The van der Waals surface area contributed by atoms with Gasteiger partial charge in [-0.2, -0.15) is 0 Å². The molecule has 2 aromatic rings. The van der Waals surface area contributed by atoms with Crippen molar-refractivity contribution in [3.63, 3.8) is 0 Å². The number of rotatable bonds is 2. The highest BCUT2D eigenvalue weighted by atomic mass is 16.2. The molecular weight excluding hydrogens is 342 g/mol. The van der Waals surface area contributed by atoms with Crippen molar-refractivity contribution in [3.8, 4) is 0 Å². The molecule has 0 N–H and O–H groups in total. The summed E-state index contributed by atoms with van der Waals surface area (Å²) < 4.78 is 3.40. The Balaban J connectivity index is 1.47. The van der Waals surface area contributed by atoms with Crippen LogP contribution in [0.4, 0.5) is 0 Å². The largest absolute Gasteiger partial charge is 0.339 e. The highest BCUT2D eigenvalue weighted by Crippen LogP contribution is 2.20. The number of carbonyl (C=O) groups excluding carboxylic acids is 1. The van der Waals surface area contributed by atoms with Gasteiger partial charge < -0.3 is 18.9 Å². The molecular formula is C20H29N5O2. The maximum Gasteiger partial charge on any atom is 0.270 e. The normalized spacial score (nSPS) is 20.5. The first-order chi connectivity index (χ1) is 13.0. The summed E-state index contributed by atoms with van der Waals surface area (Å²) >= 11 is 0. The third-order valence-corrected chi connectivity index (χ3v) is 6.31. The van der Waals surface area contributed by atoms with Gasteiger partial charge in [0.25, 0.3) is 11.5 Å². The quantitative estimate of drug-likeness (QED) is 0.781. The van der Waals surface area contributed by atoms with Gasteiger partial charge in [-0.25, -0.2) is 0 Å². The Hall–Kier alpha value is -2.12. The number of likely N-dealkylation sites (tertiary alicyclic amines) is 1. The fourth-order valence-corrected chi connectivity index (χ4v) is 4.45. The minimum atomic E-state index is -0.0609. The molecule has 0 radical (unpaired) electrons. The standard InChI is InChI=1S/C20H29N5O2/c1-21-7-4-15(5-8-21)24-10-12-25(13-11-24)20(27)18-14-16-17(23(18)3)6-9-22(2)19(16)26/h6,9,14-15H,4-5,7-8,10-13H2,1-3H3. The number of piperazine rings is 1. The maximum absolute atomic E-state index is 13.1. The molecule has 146 valence electrons. The van der Waals surface area contributed by atoms with Gasteiger partial charge in [0.1, 0.15) is 5.69 Å². The average Bonchev–Trinajstić information content (AvgIpc) is 3.02. The van der Waals surface area contributed by atoms with Crippen LogP contribution >= 0.6 is 0 Å². The van der Waals surface area contributed by atoms with E-state index in [-0.39, 0.29) is 11.5 Å². The topological polar surface area (TPSA) is 53.7 Å². The van der Waals surface area contributed by atoms with Crippen LogP contribution < -0.4 is 5.56 Å². The molecule has 7 nitrogen and oxygen atoms in total. The molecule has 0 aliphatic carbocycles. The molecule has 27 heavy (non-hydrogen) atoms. The van der Waals surface area contributed by atoms with Crippen molar-refractivity contribution in [1.29, 1.82) is 0 Å². The molecule has 0 unspecified atom stereocenters. The van der Waals surface area contributed by atoms with E-state index in [4.69, 9.17) is 0 Å². The lowest BCUT2D eigenvalue weighted by atomic mass is 10.0. The molecule has 2 aromatic heterocycles. The van der Waals surface area contributed by atoms with Crippen LogP contribution in [0.2, 0.25) is 0 Å². The number of carbonyl (C=O) groups is 1. The minimum absolute atomic E-state index is 0.0266. The first-order valence-electron chi connectivity index (χ1n) is 9.82. The lowest BCUT2D eigenvalue weighted by Gasteiger charge is -2.42. The highest BCUT2D eigenvalue weighted by molar-refractivity contribution is 5.98. The Kier molecular flexibility index (Phi) is 4.82. The van der Waals surface area contributed by atoms with Crippen molar-refractivity contribution in [2.45, 2.75) is 18.9 Å². The van der Waals surface area contributed by atoms with Gasteiger partial charge in [-0.15, -0.1) is 0 Å². The lowest BCUT2D eigenvalue weighted by Crippen LogP contribution is -2.54. The lowest BCUT2D eigenvalue weighted by molar-refractivity contribution is 0.0468. The first-order valence-corrected chi connectivity index (χ1v) is 9.82. The SMILES string of the molecule is CN1CCC(N2CCN(C(=O)c3cc4c(=O)n(C)ccc4n3C)CC2)CC1. The van der Waals surface area contributed by atoms with E-state index in [1.807, 2.05) is 22.6 Å². The number of pyridine rings is 1. The van der Waals surface area contributed by atoms with Gasteiger partial charge in [0.15, 0.2) is 0 Å². The zero-order chi connectivity index (χ0) is 19.1. The van der Waals surface area contributed by atoms with Gasteiger partial charge in [-0.1, -0.05) is 0 Å². The summed E-state index contributed by atoms with van der Waals surface area (Å²) in [5, 5.41) is 0.607. The van der Waals surface area contributed by atoms with Crippen LogP contribution in [0.1, 0.15) is 23.3 Å². The van der Waals surface area contributed by atoms with E-state index in [2.05, 4.69) is 16.8 Å². The smallest absolute Gasteiger partial charge is 0.270 e. The van der Waals surface area contributed by atoms with Crippen molar-refractivity contribution in [2.75, 3.05) is 46.3 Å². The molecule has 0 bridgehead atoms. The number of hydrogen-bond donors (Lipinski definition) is 0. The van der Waals surface area contributed by atoms with Gasteiger partial charge in [0.2, 0.25) is 0 Å². The second kappa shape index (κ2) is 7.13. The Morgan fingerprint density at radius 1 is 1.00 bits per heavy atom. The van der Waals surface area contributed by atoms with Crippen molar-refractivity contribution < 1.29 is 4.79 Å². The fourth-order valence-electron chi connectivity index (χ4n) is 4.45. The number of aryl methyl sites for hydroxylation is 2. The second-order valence-corrected chi connectivity index (χ2v) is 7.98. The van der Waals surface area contributed by atoms with Crippen LogP contribution in [0, 0.1) is 0 Å². The van der Waals surface area contributed by atoms with E-state index >= 15 is 0 Å². The summed E-state index contributed by atoms with van der Waals surface area (Å²) in [4.78, 5) is 32.3. The molecule has 0 saturated carbocycles. The maximum atomic E-state index is 13.1. The Bertz CT molecular complexity index is 899. The monoisotopic (exact) mass is 371 g/mol. The molecule has 0 atom stereocenters. The summed E-state index contributed by atoms with van der Waals surface area (Å²) in [6.45, 7) is 5.70. The van der Waals surface area contributed by atoms with Crippen LogP contribution in [0.5, 0.6) is 0 Å². The molecule has 2 aliphatic heterocycles. The van der Waals surface area contributed by atoms with E-state index in [0.29, 0.717) is 17.1 Å². The molecule has 2 saturated heterocycles. The summed E-state index contributed by atoms with van der Waals surface area (Å²) in [5.74, 6) is 0.0266. The van der Waals surface area contributed by atoms with Crippen LogP contribution in [-0.4, -0.2) is 82.1 Å². The number of hydrogen-bond acceptors (Lipinski definition) is 4. The number of fused-ring (bicyclic) bond motifs is 1. The van der Waals surface area contributed by atoms with E-state index in [9.17, 15) is 9.59 Å². The van der Waals surface area contributed by atoms with E-state index in [0.717, 1.165) is 44.8 Å². The summed E-state index contributed by atoms with van der Waals surface area (Å²) in [6, 6.07) is 4.30. The van der Waals surface area contributed by atoms with Crippen molar-refractivity contribution in [2.24, 2.45) is 14.1 Å². The van der Waals surface area contributed by atoms with Gasteiger partial charge in [-0.05, 0) is 45.1 Å². The van der Waals surface area contributed by atoms with Gasteiger partial charge >= 0.3 is 0 Å². The Labute approximate surface area is 159 Å². The van der Waals surface area contributed by atoms with E-state index in [1.165, 1.54) is 12.8 Å². The third-order valence-electron chi connectivity index (χ3n) is 6.31. The molecule has 4 rings (SSSR count). The molecule has 7 heteroatoms. The van der Waals surface area contributed by atoms with Crippen LogP contribution in [-0.2, 0) is 14.1 Å². The zero-order valence-corrected chi connectivity index (χ0v) is 16.5. The van der Waals surface area contributed by atoms with Crippen molar-refractivity contribution in [3.05, 3.63) is 34.4 Å². The second-order valence-electron chi connectivity index (χ2n) is 7.98. The zero-order valence-electron chi connectivity index (χ0n) is 16.5. The molecule has 1 amide bonds. The number of nitrogens with zero attached hydrogens (tertiary/aromatic N) is 5. The summed E-state index contributed by atoms with van der Waals surface area (Å²) in [7, 11) is 5.78. The molecule has 4 heterocycles. The Morgan fingerprint density at radius 3 is 2.33 bits per heavy atom. The average molecular weight is 371 g/mol. The van der Waals surface area contributed by atoms with Crippen molar-refractivity contribution in [1.82, 2.24) is 23.8 Å². The summed E-state index contributed by atoms with van der Waals surface area (Å²) in [5.41, 5.74) is 1.35. The fraction of sp³-hybridized carbons (Fsp3) is 0.600. The van der Waals surface area contributed by atoms with E-state index < -0.39 is 0 Å². The molecule has 2 aliphatic rings. The van der Waals surface area contributed by atoms with Gasteiger partial charge in [0, 0.05) is 52.5 Å². The molecule has 2 fully saturated rings. The highest BCUT2D eigenvalue weighted by Gasteiger charge is 2.29. The Morgan fingerprint density at radius 2 is 1.67 bits per heavy atom. The molecule has 0 aromatic carbocycles. The van der Waals surface area contributed by atoms with Crippen molar-refractivity contribution >= 4 is 16.8 Å².